The van der Waals surface area contributed by atoms with Gasteiger partial charge in [-0.15, -0.1) is 0 Å². The van der Waals surface area contributed by atoms with Crippen molar-refractivity contribution in [1.29, 1.82) is 0 Å². The molecule has 2 bridgehead atoms. The van der Waals surface area contributed by atoms with Crippen molar-refractivity contribution in [3.05, 3.63) is 29.8 Å². The molecule has 0 spiro atoms. The van der Waals surface area contributed by atoms with Crippen molar-refractivity contribution in [3.8, 4) is 5.75 Å². The molecule has 25 heavy (non-hydrogen) atoms. The maximum absolute atomic E-state index is 13.5. The summed E-state index contributed by atoms with van der Waals surface area (Å²) in [5, 5.41) is 3.17. The first kappa shape index (κ1) is 17.1. The standard InChI is InChI=1S/C18H23F3N2O2/c19-18(20,21)15-13(7-12-3-1-2-4-14(12)25-15)23-11-16-5-6-24-17(8-16,9-16)10-22/h1-4,13,15,23H,5-11,22H2/t13-,15-,16?,17?/m1/s1. The van der Waals surface area contributed by atoms with E-state index in [-0.39, 0.29) is 11.0 Å². The van der Waals surface area contributed by atoms with Gasteiger partial charge in [0, 0.05) is 19.7 Å². The molecule has 3 N–H and O–H groups in total. The zero-order valence-corrected chi connectivity index (χ0v) is 13.9. The van der Waals surface area contributed by atoms with Gasteiger partial charge in [0.2, 0.25) is 6.10 Å². The molecule has 1 aromatic rings. The Morgan fingerprint density at radius 1 is 1.24 bits per heavy atom. The predicted molar refractivity (Wildman–Crippen MR) is 86.4 cm³/mol. The summed E-state index contributed by atoms with van der Waals surface area (Å²) in [6.07, 6.45) is -3.40. The van der Waals surface area contributed by atoms with Gasteiger partial charge in [0.05, 0.1) is 11.6 Å². The van der Waals surface area contributed by atoms with E-state index in [9.17, 15) is 13.2 Å². The van der Waals surface area contributed by atoms with Gasteiger partial charge in [-0.25, -0.2) is 0 Å². The number of nitrogens with one attached hydrogen (secondary N) is 1. The molecule has 0 aromatic heterocycles. The lowest BCUT2D eigenvalue weighted by atomic mass is 9.55. The Hall–Kier alpha value is -1.31. The normalized spacial score (nSPS) is 37.0. The average molecular weight is 356 g/mol. The van der Waals surface area contributed by atoms with E-state index in [0.29, 0.717) is 31.9 Å². The topological polar surface area (TPSA) is 56.5 Å². The van der Waals surface area contributed by atoms with Crippen LogP contribution in [0.5, 0.6) is 5.75 Å². The fourth-order valence-corrected chi connectivity index (χ4v) is 4.67. The smallest absolute Gasteiger partial charge is 0.426 e. The molecule has 0 unspecified atom stereocenters. The summed E-state index contributed by atoms with van der Waals surface area (Å²) in [5.41, 5.74) is 6.36. The molecular formula is C18H23F3N2O2. The lowest BCUT2D eigenvalue weighted by Crippen LogP contribution is -2.66. The Labute approximate surface area is 144 Å². The number of ether oxygens (including phenoxy) is 2. The van der Waals surface area contributed by atoms with E-state index in [1.54, 1.807) is 12.1 Å². The summed E-state index contributed by atoms with van der Waals surface area (Å²) in [5.74, 6) is 0.331. The number of hydrogen-bond acceptors (Lipinski definition) is 4. The van der Waals surface area contributed by atoms with Gasteiger partial charge in [-0.1, -0.05) is 18.2 Å². The highest BCUT2D eigenvalue weighted by Crippen LogP contribution is 2.56. The summed E-state index contributed by atoms with van der Waals surface area (Å²) in [6.45, 7) is 1.65. The third-order valence-corrected chi connectivity index (χ3v) is 5.90. The summed E-state index contributed by atoms with van der Waals surface area (Å²) in [6, 6.07) is 6.17. The molecule has 5 rings (SSSR count). The van der Waals surface area contributed by atoms with E-state index in [2.05, 4.69) is 5.32 Å². The zero-order chi connectivity index (χ0) is 17.7. The monoisotopic (exact) mass is 356 g/mol. The number of nitrogens with two attached hydrogens (primary N) is 1. The van der Waals surface area contributed by atoms with Gasteiger partial charge in [0.15, 0.2) is 0 Å². The van der Waals surface area contributed by atoms with Crippen LogP contribution in [0.2, 0.25) is 0 Å². The fourth-order valence-electron chi connectivity index (χ4n) is 4.67. The van der Waals surface area contributed by atoms with Crippen molar-refractivity contribution in [2.24, 2.45) is 11.1 Å². The van der Waals surface area contributed by atoms with E-state index in [1.165, 1.54) is 0 Å². The first-order chi connectivity index (χ1) is 11.8. The van der Waals surface area contributed by atoms with E-state index >= 15 is 0 Å². The Kier molecular flexibility index (Phi) is 4.01. The third kappa shape index (κ3) is 3.02. The first-order valence-corrected chi connectivity index (χ1v) is 8.74. The summed E-state index contributed by atoms with van der Waals surface area (Å²) in [4.78, 5) is 0. The quantitative estimate of drug-likeness (QED) is 0.870. The van der Waals surface area contributed by atoms with Gasteiger partial charge in [-0.2, -0.15) is 13.2 Å². The highest BCUT2D eigenvalue weighted by Gasteiger charge is 2.58. The minimum Gasteiger partial charge on any atom is -0.479 e. The number of halogens is 3. The van der Waals surface area contributed by atoms with Gasteiger partial charge in [0.1, 0.15) is 5.75 Å². The predicted octanol–water partition coefficient (Wildman–Crippen LogP) is 2.41. The van der Waals surface area contributed by atoms with E-state index in [0.717, 1.165) is 24.8 Å². The number of rotatable bonds is 4. The molecule has 0 radical (unpaired) electrons. The van der Waals surface area contributed by atoms with Crippen LogP contribution in [0.1, 0.15) is 24.8 Å². The molecule has 3 heterocycles. The molecule has 2 saturated heterocycles. The summed E-state index contributed by atoms with van der Waals surface area (Å²) >= 11 is 0. The summed E-state index contributed by atoms with van der Waals surface area (Å²) < 4.78 is 51.5. The van der Waals surface area contributed by atoms with Crippen molar-refractivity contribution in [1.82, 2.24) is 5.32 Å². The van der Waals surface area contributed by atoms with Gasteiger partial charge in [-0.05, 0) is 42.7 Å². The zero-order valence-electron chi connectivity index (χ0n) is 13.9. The second-order valence-electron chi connectivity index (χ2n) is 7.72. The molecule has 0 amide bonds. The fraction of sp³-hybridized carbons (Fsp3) is 0.667. The summed E-state index contributed by atoms with van der Waals surface area (Å²) in [7, 11) is 0. The number of hydrogen-bond donors (Lipinski definition) is 2. The number of fused-ring (bicyclic) bond motifs is 3. The van der Waals surface area contributed by atoms with E-state index in [4.69, 9.17) is 15.2 Å². The van der Waals surface area contributed by atoms with Gasteiger partial charge >= 0.3 is 6.18 Å². The van der Waals surface area contributed by atoms with Gasteiger partial charge in [-0.3, -0.25) is 0 Å². The molecule has 7 heteroatoms. The van der Waals surface area contributed by atoms with Crippen molar-refractivity contribution in [3.63, 3.8) is 0 Å². The number of benzene rings is 1. The second kappa shape index (κ2) is 5.86. The molecule has 4 nitrogen and oxygen atoms in total. The van der Waals surface area contributed by atoms with Crippen LogP contribution >= 0.6 is 0 Å². The average Bonchev–Trinajstić information content (AvgIpc) is 2.58. The number of alkyl halides is 3. The third-order valence-electron chi connectivity index (χ3n) is 5.90. The Morgan fingerprint density at radius 3 is 2.72 bits per heavy atom. The van der Waals surface area contributed by atoms with Crippen molar-refractivity contribution < 1.29 is 22.6 Å². The highest BCUT2D eigenvalue weighted by atomic mass is 19.4. The first-order valence-electron chi connectivity index (χ1n) is 8.74. The SMILES string of the molecule is NCC12CC(CN[C@@H]3Cc4ccccc4O[C@H]3C(F)(F)F)(CCO1)C2. The minimum atomic E-state index is -4.40. The van der Waals surface area contributed by atoms with E-state index in [1.807, 2.05) is 12.1 Å². The van der Waals surface area contributed by atoms with Crippen LogP contribution in [0.15, 0.2) is 24.3 Å². The Morgan fingerprint density at radius 2 is 2.00 bits per heavy atom. The van der Waals surface area contributed by atoms with Gasteiger partial charge < -0.3 is 20.5 Å². The molecule has 1 aromatic carbocycles. The van der Waals surface area contributed by atoms with Crippen LogP contribution in [-0.2, 0) is 11.2 Å². The molecule has 138 valence electrons. The van der Waals surface area contributed by atoms with Crippen molar-refractivity contribution >= 4 is 0 Å². The van der Waals surface area contributed by atoms with Crippen molar-refractivity contribution in [2.75, 3.05) is 19.7 Å². The molecule has 2 atom stereocenters. The minimum absolute atomic E-state index is 0.00470. The largest absolute Gasteiger partial charge is 0.479 e. The molecular weight excluding hydrogens is 333 g/mol. The molecule has 1 aliphatic carbocycles. The maximum atomic E-state index is 13.5. The highest BCUT2D eigenvalue weighted by molar-refractivity contribution is 5.36. The molecule has 1 saturated carbocycles. The Bertz CT molecular complexity index is 643. The van der Waals surface area contributed by atoms with Crippen LogP contribution in [0.3, 0.4) is 0 Å². The molecule has 3 aliphatic heterocycles. The van der Waals surface area contributed by atoms with Crippen LogP contribution in [0.4, 0.5) is 13.2 Å². The van der Waals surface area contributed by atoms with Crippen molar-refractivity contribution in [2.45, 2.75) is 49.6 Å². The van der Waals surface area contributed by atoms with Crippen LogP contribution in [0.25, 0.3) is 0 Å². The van der Waals surface area contributed by atoms with Gasteiger partial charge in [0.25, 0.3) is 0 Å². The van der Waals surface area contributed by atoms with E-state index < -0.39 is 18.3 Å². The lowest BCUT2D eigenvalue weighted by molar-refractivity contribution is -0.223. The van der Waals surface area contributed by atoms with Crippen LogP contribution < -0.4 is 15.8 Å². The molecule has 4 aliphatic rings. The molecule has 3 fully saturated rings. The van der Waals surface area contributed by atoms with Crippen LogP contribution in [-0.4, -0.2) is 43.6 Å². The Balaban J connectivity index is 1.47. The lowest BCUT2D eigenvalue weighted by Gasteiger charge is -2.60. The number of para-hydroxylation sites is 1. The van der Waals surface area contributed by atoms with Crippen LogP contribution in [0, 0.1) is 5.41 Å². The maximum Gasteiger partial charge on any atom is 0.426 e. The second-order valence-corrected chi connectivity index (χ2v) is 7.72.